The molecular formula is C27H29N5O3S. The molecule has 186 valence electrons. The number of nitrogens with one attached hydrogen (secondary N) is 1. The summed E-state index contributed by atoms with van der Waals surface area (Å²) in [4.78, 5) is 30.1. The van der Waals surface area contributed by atoms with Crippen molar-refractivity contribution < 1.29 is 14.3 Å². The molecule has 1 fully saturated rings. The number of carbonyl (C=O) groups excluding carboxylic acids is 2. The van der Waals surface area contributed by atoms with E-state index < -0.39 is 6.04 Å². The van der Waals surface area contributed by atoms with Crippen molar-refractivity contribution in [2.45, 2.75) is 51.2 Å². The second-order valence-corrected chi connectivity index (χ2v) is 9.81. The van der Waals surface area contributed by atoms with Crippen LogP contribution in [0, 0.1) is 0 Å². The molecule has 2 aromatic carbocycles. The standard InChI is InChI=1S/C27H29N5O3S/c1-2-35-21-15-13-20(14-16-21)32(25(33)18-31-23-11-6-5-10-22(23)29-30-31)26(24-12-7-17-36-24)27(34)28-19-8-3-4-9-19/h5-7,10-17,19,26H,2-4,8-9,18H2,1H3,(H,28,34)/t26-/m0/s1. The van der Waals surface area contributed by atoms with Crippen molar-refractivity contribution in [3.05, 3.63) is 70.9 Å². The molecule has 0 spiro atoms. The van der Waals surface area contributed by atoms with Crippen LogP contribution < -0.4 is 15.0 Å². The average molecular weight is 504 g/mol. The van der Waals surface area contributed by atoms with Gasteiger partial charge in [-0.25, -0.2) is 4.68 Å². The Hall–Kier alpha value is -3.72. The quantitative estimate of drug-likeness (QED) is 0.357. The first-order chi connectivity index (χ1) is 17.6. The number of ether oxygens (including phenoxy) is 1. The third-order valence-corrected chi connectivity index (χ3v) is 7.35. The van der Waals surface area contributed by atoms with Crippen LogP contribution in [0.1, 0.15) is 43.5 Å². The van der Waals surface area contributed by atoms with E-state index in [-0.39, 0.29) is 24.4 Å². The van der Waals surface area contributed by atoms with Gasteiger partial charge in [-0.3, -0.25) is 14.5 Å². The van der Waals surface area contributed by atoms with Crippen molar-refractivity contribution in [2.24, 2.45) is 0 Å². The molecule has 1 saturated carbocycles. The number of para-hydroxylation sites is 1. The van der Waals surface area contributed by atoms with E-state index in [0.29, 0.717) is 23.6 Å². The molecule has 1 N–H and O–H groups in total. The van der Waals surface area contributed by atoms with Crippen LogP contribution in [0.5, 0.6) is 5.75 Å². The first kappa shape index (κ1) is 24.0. The van der Waals surface area contributed by atoms with E-state index in [1.165, 1.54) is 11.3 Å². The monoisotopic (exact) mass is 503 g/mol. The number of amides is 2. The number of fused-ring (bicyclic) bond motifs is 1. The molecule has 0 radical (unpaired) electrons. The van der Waals surface area contributed by atoms with Crippen molar-refractivity contribution in [2.75, 3.05) is 11.5 Å². The summed E-state index contributed by atoms with van der Waals surface area (Å²) >= 11 is 1.47. The molecule has 1 aliphatic carbocycles. The van der Waals surface area contributed by atoms with E-state index in [4.69, 9.17) is 4.74 Å². The average Bonchev–Trinajstić information content (AvgIpc) is 3.67. The molecule has 8 nitrogen and oxygen atoms in total. The Bertz CT molecular complexity index is 1310. The highest BCUT2D eigenvalue weighted by molar-refractivity contribution is 7.10. The van der Waals surface area contributed by atoms with Crippen molar-refractivity contribution in [3.8, 4) is 5.75 Å². The lowest BCUT2D eigenvalue weighted by atomic mass is 10.1. The highest BCUT2D eigenvalue weighted by atomic mass is 32.1. The topological polar surface area (TPSA) is 89.3 Å². The fourth-order valence-electron chi connectivity index (χ4n) is 4.72. The lowest BCUT2D eigenvalue weighted by Crippen LogP contribution is -2.47. The highest BCUT2D eigenvalue weighted by Gasteiger charge is 2.35. The Morgan fingerprint density at radius 3 is 2.61 bits per heavy atom. The normalized spacial score (nSPS) is 14.6. The summed E-state index contributed by atoms with van der Waals surface area (Å²) in [6.07, 6.45) is 4.14. The van der Waals surface area contributed by atoms with Gasteiger partial charge in [-0.05, 0) is 67.6 Å². The van der Waals surface area contributed by atoms with Crippen LogP contribution >= 0.6 is 11.3 Å². The Labute approximate surface area is 213 Å². The first-order valence-electron chi connectivity index (χ1n) is 12.3. The van der Waals surface area contributed by atoms with Gasteiger partial charge in [0.2, 0.25) is 11.8 Å². The Morgan fingerprint density at radius 2 is 1.89 bits per heavy atom. The smallest absolute Gasteiger partial charge is 0.249 e. The Morgan fingerprint density at radius 1 is 1.11 bits per heavy atom. The maximum absolute atomic E-state index is 14.0. The Balaban J connectivity index is 1.52. The maximum Gasteiger partial charge on any atom is 0.249 e. The lowest BCUT2D eigenvalue weighted by Gasteiger charge is -2.31. The van der Waals surface area contributed by atoms with Crippen molar-refractivity contribution in [3.63, 3.8) is 0 Å². The molecule has 0 aliphatic heterocycles. The van der Waals surface area contributed by atoms with Crippen LogP contribution in [0.25, 0.3) is 11.0 Å². The third kappa shape index (κ3) is 5.11. The molecular weight excluding hydrogens is 474 g/mol. The number of hydrogen-bond acceptors (Lipinski definition) is 6. The van der Waals surface area contributed by atoms with E-state index in [9.17, 15) is 9.59 Å². The summed E-state index contributed by atoms with van der Waals surface area (Å²) < 4.78 is 7.18. The molecule has 1 aliphatic rings. The van der Waals surface area contributed by atoms with Gasteiger partial charge < -0.3 is 10.1 Å². The van der Waals surface area contributed by atoms with E-state index >= 15 is 0 Å². The van der Waals surface area contributed by atoms with Crippen LogP contribution in [0.4, 0.5) is 5.69 Å². The van der Waals surface area contributed by atoms with Crippen LogP contribution in [-0.4, -0.2) is 39.5 Å². The minimum absolute atomic E-state index is 0.0493. The molecule has 2 aromatic heterocycles. The number of benzene rings is 2. The molecule has 4 aromatic rings. The maximum atomic E-state index is 14.0. The summed E-state index contributed by atoms with van der Waals surface area (Å²) in [5.41, 5.74) is 2.10. The van der Waals surface area contributed by atoms with Gasteiger partial charge >= 0.3 is 0 Å². The molecule has 9 heteroatoms. The van der Waals surface area contributed by atoms with Gasteiger partial charge in [0.1, 0.15) is 23.9 Å². The largest absolute Gasteiger partial charge is 0.494 e. The predicted octanol–water partition coefficient (Wildman–Crippen LogP) is 4.72. The minimum Gasteiger partial charge on any atom is -0.494 e. The fourth-order valence-corrected chi connectivity index (χ4v) is 5.53. The SMILES string of the molecule is CCOc1ccc(N(C(=O)Cn2nnc3ccccc32)[C@H](C(=O)NC2CCCC2)c2cccs2)cc1. The van der Waals surface area contributed by atoms with E-state index in [1.807, 2.05) is 73.0 Å². The number of hydrogen-bond donors (Lipinski definition) is 1. The number of rotatable bonds is 9. The zero-order valence-electron chi connectivity index (χ0n) is 20.2. The van der Waals surface area contributed by atoms with Gasteiger partial charge in [-0.2, -0.15) is 0 Å². The molecule has 5 rings (SSSR count). The van der Waals surface area contributed by atoms with Crippen molar-refractivity contribution >= 4 is 39.9 Å². The van der Waals surface area contributed by atoms with Crippen LogP contribution in [0.15, 0.2) is 66.0 Å². The second-order valence-electron chi connectivity index (χ2n) is 8.83. The first-order valence-corrected chi connectivity index (χ1v) is 13.2. The molecule has 0 unspecified atom stereocenters. The zero-order valence-corrected chi connectivity index (χ0v) is 21.0. The summed E-state index contributed by atoms with van der Waals surface area (Å²) in [6, 6.07) is 18.0. The van der Waals surface area contributed by atoms with Crippen LogP contribution in [0.3, 0.4) is 0 Å². The molecule has 2 amide bonds. The highest BCUT2D eigenvalue weighted by Crippen LogP contribution is 2.33. The summed E-state index contributed by atoms with van der Waals surface area (Å²) in [5, 5.41) is 13.5. The van der Waals surface area contributed by atoms with Gasteiger partial charge in [0.25, 0.3) is 0 Å². The number of thiophene rings is 1. The number of nitrogens with zero attached hydrogens (tertiary/aromatic N) is 4. The summed E-state index contributed by atoms with van der Waals surface area (Å²) in [7, 11) is 0. The van der Waals surface area contributed by atoms with Crippen molar-refractivity contribution in [1.29, 1.82) is 0 Å². The van der Waals surface area contributed by atoms with Gasteiger partial charge in [-0.1, -0.05) is 36.3 Å². The number of aromatic nitrogens is 3. The summed E-state index contributed by atoms with van der Waals surface area (Å²) in [5.74, 6) is 0.281. The second kappa shape index (κ2) is 10.9. The minimum atomic E-state index is -0.800. The predicted molar refractivity (Wildman–Crippen MR) is 140 cm³/mol. The van der Waals surface area contributed by atoms with E-state index in [1.54, 1.807) is 9.58 Å². The van der Waals surface area contributed by atoms with E-state index in [2.05, 4.69) is 15.6 Å². The van der Waals surface area contributed by atoms with Gasteiger partial charge in [0, 0.05) is 16.6 Å². The van der Waals surface area contributed by atoms with E-state index in [0.717, 1.165) is 36.1 Å². The van der Waals surface area contributed by atoms with Gasteiger partial charge in [0.15, 0.2) is 0 Å². The molecule has 0 bridgehead atoms. The van der Waals surface area contributed by atoms with Crippen LogP contribution in [-0.2, 0) is 16.1 Å². The summed E-state index contributed by atoms with van der Waals surface area (Å²) in [6.45, 7) is 2.42. The third-order valence-electron chi connectivity index (χ3n) is 6.42. The molecule has 0 saturated heterocycles. The molecule has 36 heavy (non-hydrogen) atoms. The molecule has 1 atom stereocenters. The number of carbonyl (C=O) groups is 2. The van der Waals surface area contributed by atoms with Crippen LogP contribution in [0.2, 0.25) is 0 Å². The van der Waals surface area contributed by atoms with Gasteiger partial charge in [-0.15, -0.1) is 16.4 Å². The number of anilines is 1. The van der Waals surface area contributed by atoms with Crippen molar-refractivity contribution in [1.82, 2.24) is 20.3 Å². The zero-order chi connectivity index (χ0) is 24.9. The van der Waals surface area contributed by atoms with Gasteiger partial charge in [0.05, 0.1) is 12.1 Å². The fraction of sp³-hybridized carbons (Fsp3) is 0.333. The molecule has 2 heterocycles. The lowest BCUT2D eigenvalue weighted by molar-refractivity contribution is -0.127. The Kier molecular flexibility index (Phi) is 7.27.